The summed E-state index contributed by atoms with van der Waals surface area (Å²) >= 11 is 0. The molecule has 0 bridgehead atoms. The fourth-order valence-electron chi connectivity index (χ4n) is 2.33. The van der Waals surface area contributed by atoms with Crippen molar-refractivity contribution in [3.63, 3.8) is 0 Å². The standard InChI is InChI=1S/C19H20FNO3/c1-12(2)19(24)15-8-3-4-9-16(15)21-18(23)11-17(22)13-6-5-7-14(20)10-13/h3-10,12,17,22H,11H2,1-2H3,(H,21,23). The van der Waals surface area contributed by atoms with Crippen LogP contribution in [0.1, 0.15) is 42.3 Å². The highest BCUT2D eigenvalue weighted by Gasteiger charge is 2.18. The largest absolute Gasteiger partial charge is 0.388 e. The molecular formula is C19H20FNO3. The topological polar surface area (TPSA) is 66.4 Å². The van der Waals surface area contributed by atoms with Gasteiger partial charge in [0.25, 0.3) is 0 Å². The molecule has 1 unspecified atom stereocenters. The third kappa shape index (κ3) is 4.49. The minimum Gasteiger partial charge on any atom is -0.388 e. The van der Waals surface area contributed by atoms with Gasteiger partial charge in [-0.1, -0.05) is 38.1 Å². The Morgan fingerprint density at radius 2 is 1.83 bits per heavy atom. The van der Waals surface area contributed by atoms with Gasteiger partial charge in [-0.2, -0.15) is 0 Å². The second-order valence-corrected chi connectivity index (χ2v) is 5.89. The van der Waals surface area contributed by atoms with Gasteiger partial charge in [0.2, 0.25) is 5.91 Å². The van der Waals surface area contributed by atoms with E-state index >= 15 is 0 Å². The van der Waals surface area contributed by atoms with E-state index in [2.05, 4.69) is 5.32 Å². The molecule has 4 nitrogen and oxygen atoms in total. The van der Waals surface area contributed by atoms with Crippen LogP contribution in [0.3, 0.4) is 0 Å². The quantitative estimate of drug-likeness (QED) is 0.794. The number of para-hydroxylation sites is 1. The van der Waals surface area contributed by atoms with Crippen LogP contribution >= 0.6 is 0 Å². The van der Waals surface area contributed by atoms with Crippen molar-refractivity contribution in [2.24, 2.45) is 5.92 Å². The summed E-state index contributed by atoms with van der Waals surface area (Å²) < 4.78 is 13.2. The van der Waals surface area contributed by atoms with Crippen LogP contribution in [0.25, 0.3) is 0 Å². The summed E-state index contributed by atoms with van der Waals surface area (Å²) in [5.41, 5.74) is 1.17. The van der Waals surface area contributed by atoms with Gasteiger partial charge in [0, 0.05) is 11.5 Å². The zero-order chi connectivity index (χ0) is 17.7. The van der Waals surface area contributed by atoms with Crippen LogP contribution in [0, 0.1) is 11.7 Å². The SMILES string of the molecule is CC(C)C(=O)c1ccccc1NC(=O)CC(O)c1cccc(F)c1. The number of nitrogens with one attached hydrogen (secondary N) is 1. The van der Waals surface area contributed by atoms with Gasteiger partial charge in [-0.05, 0) is 29.8 Å². The Morgan fingerprint density at radius 3 is 2.50 bits per heavy atom. The number of aliphatic hydroxyl groups excluding tert-OH is 1. The van der Waals surface area contributed by atoms with Crippen molar-refractivity contribution in [2.75, 3.05) is 5.32 Å². The highest BCUT2D eigenvalue weighted by molar-refractivity contribution is 6.05. The van der Waals surface area contributed by atoms with Gasteiger partial charge in [-0.3, -0.25) is 9.59 Å². The van der Waals surface area contributed by atoms with E-state index in [4.69, 9.17) is 0 Å². The molecule has 0 saturated heterocycles. The first-order chi connectivity index (χ1) is 11.4. The first-order valence-corrected chi connectivity index (χ1v) is 7.75. The van der Waals surface area contributed by atoms with Gasteiger partial charge < -0.3 is 10.4 Å². The molecule has 0 aromatic heterocycles. The highest BCUT2D eigenvalue weighted by Crippen LogP contribution is 2.22. The second-order valence-electron chi connectivity index (χ2n) is 5.89. The number of benzene rings is 2. The Labute approximate surface area is 140 Å². The molecule has 1 amide bonds. The fourth-order valence-corrected chi connectivity index (χ4v) is 2.33. The molecule has 0 radical (unpaired) electrons. The number of rotatable bonds is 6. The van der Waals surface area contributed by atoms with Crippen molar-refractivity contribution in [2.45, 2.75) is 26.4 Å². The lowest BCUT2D eigenvalue weighted by Crippen LogP contribution is -2.18. The van der Waals surface area contributed by atoms with E-state index < -0.39 is 17.8 Å². The maximum absolute atomic E-state index is 13.2. The van der Waals surface area contributed by atoms with Crippen molar-refractivity contribution in [3.8, 4) is 0 Å². The van der Waals surface area contributed by atoms with Gasteiger partial charge in [-0.15, -0.1) is 0 Å². The van der Waals surface area contributed by atoms with Crippen LogP contribution in [-0.2, 0) is 4.79 Å². The molecule has 2 aromatic carbocycles. The van der Waals surface area contributed by atoms with Crippen LogP contribution in [-0.4, -0.2) is 16.8 Å². The van der Waals surface area contributed by atoms with Crippen molar-refractivity contribution < 1.29 is 19.1 Å². The molecule has 0 fully saturated rings. The lowest BCUT2D eigenvalue weighted by molar-refractivity contribution is -0.118. The third-order valence-electron chi connectivity index (χ3n) is 3.60. The molecule has 5 heteroatoms. The normalized spacial score (nSPS) is 12.0. The average molecular weight is 329 g/mol. The zero-order valence-electron chi connectivity index (χ0n) is 13.6. The monoisotopic (exact) mass is 329 g/mol. The number of aliphatic hydroxyl groups is 1. The Morgan fingerprint density at radius 1 is 1.12 bits per heavy atom. The number of ketones is 1. The van der Waals surface area contributed by atoms with Crippen molar-refractivity contribution in [1.29, 1.82) is 0 Å². The summed E-state index contributed by atoms with van der Waals surface area (Å²) in [6, 6.07) is 12.2. The molecule has 2 N–H and O–H groups in total. The molecular weight excluding hydrogens is 309 g/mol. The number of Topliss-reactive ketones (excluding diaryl/α,β-unsaturated/α-hetero) is 1. The Balaban J connectivity index is 2.09. The van der Waals surface area contributed by atoms with Crippen LogP contribution in [0.4, 0.5) is 10.1 Å². The van der Waals surface area contributed by atoms with Crippen molar-refractivity contribution in [1.82, 2.24) is 0 Å². The van der Waals surface area contributed by atoms with Gasteiger partial charge in [0.15, 0.2) is 5.78 Å². The molecule has 126 valence electrons. The van der Waals surface area contributed by atoms with Crippen LogP contribution in [0.15, 0.2) is 48.5 Å². The summed E-state index contributed by atoms with van der Waals surface area (Å²) in [5.74, 6) is -1.19. The predicted octanol–water partition coefficient (Wildman–Crippen LogP) is 3.73. The van der Waals surface area contributed by atoms with E-state index in [1.807, 2.05) is 0 Å². The first-order valence-electron chi connectivity index (χ1n) is 7.75. The predicted molar refractivity (Wildman–Crippen MR) is 90.2 cm³/mol. The summed E-state index contributed by atoms with van der Waals surface area (Å²) in [4.78, 5) is 24.3. The maximum atomic E-state index is 13.2. The minimum absolute atomic E-state index is 0.0726. The molecule has 2 aromatic rings. The highest BCUT2D eigenvalue weighted by atomic mass is 19.1. The van der Waals surface area contributed by atoms with E-state index in [-0.39, 0.29) is 18.1 Å². The minimum atomic E-state index is -1.12. The number of hydrogen-bond acceptors (Lipinski definition) is 3. The Bertz CT molecular complexity index is 743. The molecule has 24 heavy (non-hydrogen) atoms. The third-order valence-corrected chi connectivity index (χ3v) is 3.60. The molecule has 0 saturated carbocycles. The van der Waals surface area contributed by atoms with Gasteiger partial charge in [-0.25, -0.2) is 4.39 Å². The van der Waals surface area contributed by atoms with Crippen molar-refractivity contribution in [3.05, 3.63) is 65.5 Å². The number of anilines is 1. The van der Waals surface area contributed by atoms with E-state index in [1.165, 1.54) is 18.2 Å². The molecule has 0 aliphatic heterocycles. The summed E-state index contributed by atoms with van der Waals surface area (Å²) in [7, 11) is 0. The van der Waals surface area contributed by atoms with Crippen LogP contribution in [0.5, 0.6) is 0 Å². The van der Waals surface area contributed by atoms with Crippen LogP contribution < -0.4 is 5.32 Å². The van der Waals surface area contributed by atoms with Gasteiger partial charge in [0.1, 0.15) is 5.82 Å². The van der Waals surface area contributed by atoms with Gasteiger partial charge >= 0.3 is 0 Å². The van der Waals surface area contributed by atoms with E-state index in [0.717, 1.165) is 0 Å². The maximum Gasteiger partial charge on any atom is 0.227 e. The van der Waals surface area contributed by atoms with Crippen molar-refractivity contribution >= 4 is 17.4 Å². The Hall–Kier alpha value is -2.53. The number of carbonyl (C=O) groups excluding carboxylic acids is 2. The summed E-state index contributed by atoms with van der Waals surface area (Å²) in [6.45, 7) is 3.57. The molecule has 2 rings (SSSR count). The lowest BCUT2D eigenvalue weighted by atomic mass is 9.99. The number of carbonyl (C=O) groups is 2. The molecule has 0 heterocycles. The number of hydrogen-bond donors (Lipinski definition) is 2. The lowest BCUT2D eigenvalue weighted by Gasteiger charge is -2.14. The summed E-state index contributed by atoms with van der Waals surface area (Å²) in [5, 5.41) is 12.7. The van der Waals surface area contributed by atoms with E-state index in [9.17, 15) is 19.1 Å². The van der Waals surface area contributed by atoms with Gasteiger partial charge in [0.05, 0.1) is 18.2 Å². The van der Waals surface area contributed by atoms with E-state index in [1.54, 1.807) is 44.2 Å². The number of halogens is 1. The average Bonchev–Trinajstić information content (AvgIpc) is 2.54. The van der Waals surface area contributed by atoms with E-state index in [0.29, 0.717) is 16.8 Å². The second kappa shape index (κ2) is 7.84. The number of amides is 1. The molecule has 0 aliphatic carbocycles. The zero-order valence-corrected chi connectivity index (χ0v) is 13.6. The van der Waals surface area contributed by atoms with Crippen LogP contribution in [0.2, 0.25) is 0 Å². The molecule has 0 spiro atoms. The molecule has 0 aliphatic rings. The summed E-state index contributed by atoms with van der Waals surface area (Å²) in [6.07, 6.45) is -1.35. The molecule has 1 atom stereocenters. The Kier molecular flexibility index (Phi) is 5.82. The smallest absolute Gasteiger partial charge is 0.227 e. The fraction of sp³-hybridized carbons (Fsp3) is 0.263. The first kappa shape index (κ1) is 17.8.